The number of benzene rings is 1. The SMILES string of the molecule is C[C@@H](Nc1ccnc2cnc(C3=CCS(=N)(=O)CC3)cc12)c1cccc(C(F)F)c1F. The summed E-state index contributed by atoms with van der Waals surface area (Å²) in [5, 5.41) is 3.96. The van der Waals surface area contributed by atoms with E-state index in [4.69, 9.17) is 4.78 Å². The van der Waals surface area contributed by atoms with Crippen LogP contribution in [0.5, 0.6) is 0 Å². The number of halogens is 3. The molecular formula is C22H21F3N4OS. The minimum Gasteiger partial charge on any atom is -0.378 e. The van der Waals surface area contributed by atoms with Crippen LogP contribution in [0.3, 0.4) is 0 Å². The van der Waals surface area contributed by atoms with Gasteiger partial charge in [0.15, 0.2) is 0 Å². The Morgan fingerprint density at radius 1 is 1.19 bits per heavy atom. The Morgan fingerprint density at radius 3 is 2.68 bits per heavy atom. The number of alkyl halides is 2. The highest BCUT2D eigenvalue weighted by atomic mass is 32.2. The van der Waals surface area contributed by atoms with Gasteiger partial charge in [0.05, 0.1) is 34.8 Å². The molecule has 0 spiro atoms. The van der Waals surface area contributed by atoms with E-state index in [0.717, 1.165) is 17.0 Å². The summed E-state index contributed by atoms with van der Waals surface area (Å²) in [5.41, 5.74) is 2.46. The van der Waals surface area contributed by atoms with Crippen LogP contribution >= 0.6 is 0 Å². The van der Waals surface area contributed by atoms with Crippen LogP contribution in [-0.2, 0) is 9.73 Å². The van der Waals surface area contributed by atoms with Crippen molar-refractivity contribution in [3.8, 4) is 0 Å². The standard InChI is InChI=1S/C22H21F3N4OS/c1-13(15-3-2-4-16(21(15)23)22(24)25)29-18-5-8-27-20-12-28-19(11-17(18)20)14-6-9-31(26,30)10-7-14/h2-6,8,11-13,22,26H,7,9-10H2,1H3,(H,27,29)/t13-,31?/m1/s1. The van der Waals surface area contributed by atoms with Crippen molar-refractivity contribution in [3.63, 3.8) is 0 Å². The van der Waals surface area contributed by atoms with E-state index in [0.29, 0.717) is 29.1 Å². The topological polar surface area (TPSA) is 78.7 Å². The lowest BCUT2D eigenvalue weighted by Gasteiger charge is -2.19. The van der Waals surface area contributed by atoms with Gasteiger partial charge in [-0.05, 0) is 31.1 Å². The third-order valence-electron chi connectivity index (χ3n) is 5.39. The van der Waals surface area contributed by atoms with E-state index in [1.807, 2.05) is 6.07 Å². The fourth-order valence-corrected chi connectivity index (χ4v) is 4.85. The Bertz CT molecular complexity index is 1270. The van der Waals surface area contributed by atoms with Gasteiger partial charge >= 0.3 is 0 Å². The van der Waals surface area contributed by atoms with Crippen LogP contribution in [-0.4, -0.2) is 25.7 Å². The molecule has 1 aromatic carbocycles. The second-order valence-corrected chi connectivity index (χ2v) is 9.89. The van der Waals surface area contributed by atoms with Crippen molar-refractivity contribution < 1.29 is 17.4 Å². The Kier molecular flexibility index (Phi) is 5.70. The summed E-state index contributed by atoms with van der Waals surface area (Å²) in [7, 11) is -2.55. The molecule has 3 heterocycles. The number of nitrogens with zero attached hydrogens (tertiary/aromatic N) is 2. The van der Waals surface area contributed by atoms with E-state index in [1.165, 1.54) is 12.1 Å². The zero-order valence-electron chi connectivity index (χ0n) is 16.7. The largest absolute Gasteiger partial charge is 0.378 e. The molecule has 0 saturated carbocycles. The maximum Gasteiger partial charge on any atom is 0.266 e. The van der Waals surface area contributed by atoms with Gasteiger partial charge in [-0.1, -0.05) is 24.3 Å². The highest BCUT2D eigenvalue weighted by Gasteiger charge is 2.20. The highest BCUT2D eigenvalue weighted by Crippen LogP contribution is 2.32. The molecule has 0 bridgehead atoms. The monoisotopic (exact) mass is 446 g/mol. The predicted molar refractivity (Wildman–Crippen MR) is 116 cm³/mol. The molecule has 2 atom stereocenters. The molecular weight excluding hydrogens is 425 g/mol. The molecule has 4 rings (SSSR count). The summed E-state index contributed by atoms with van der Waals surface area (Å²) in [6, 6.07) is 7.02. The van der Waals surface area contributed by atoms with E-state index in [-0.39, 0.29) is 11.3 Å². The normalized spacial score (nSPS) is 20.0. The molecule has 0 fully saturated rings. The molecule has 1 unspecified atom stereocenters. The van der Waals surface area contributed by atoms with Crippen molar-refractivity contribution >= 4 is 31.9 Å². The number of hydrogen-bond donors (Lipinski definition) is 2. The van der Waals surface area contributed by atoms with Gasteiger partial charge in [-0.2, -0.15) is 0 Å². The number of aromatic nitrogens is 2. The van der Waals surface area contributed by atoms with Crippen molar-refractivity contribution in [2.24, 2.45) is 0 Å². The first kappa shape index (κ1) is 21.3. The van der Waals surface area contributed by atoms with Crippen LogP contribution in [0.4, 0.5) is 18.9 Å². The zero-order valence-corrected chi connectivity index (χ0v) is 17.6. The minimum absolute atomic E-state index is 0.150. The third-order valence-corrected chi connectivity index (χ3v) is 6.96. The van der Waals surface area contributed by atoms with Gasteiger partial charge in [0.1, 0.15) is 5.82 Å². The first-order chi connectivity index (χ1) is 14.7. The van der Waals surface area contributed by atoms with Gasteiger partial charge in [-0.15, -0.1) is 0 Å². The zero-order chi connectivity index (χ0) is 22.2. The molecule has 5 nitrogen and oxygen atoms in total. The van der Waals surface area contributed by atoms with Gasteiger partial charge in [0.2, 0.25) is 0 Å². The van der Waals surface area contributed by atoms with Crippen LogP contribution in [0, 0.1) is 10.6 Å². The van der Waals surface area contributed by atoms with Crippen molar-refractivity contribution in [1.82, 2.24) is 9.97 Å². The fourth-order valence-electron chi connectivity index (χ4n) is 3.66. The smallest absolute Gasteiger partial charge is 0.266 e. The van der Waals surface area contributed by atoms with Gasteiger partial charge in [-0.25, -0.2) is 17.4 Å². The lowest BCUT2D eigenvalue weighted by molar-refractivity contribution is 0.146. The summed E-state index contributed by atoms with van der Waals surface area (Å²) in [6.45, 7) is 1.70. The van der Waals surface area contributed by atoms with E-state index in [9.17, 15) is 17.4 Å². The number of fused-ring (bicyclic) bond motifs is 1. The maximum absolute atomic E-state index is 14.6. The van der Waals surface area contributed by atoms with Crippen LogP contribution in [0.25, 0.3) is 16.5 Å². The lowest BCUT2D eigenvalue weighted by Crippen LogP contribution is -2.14. The Hall–Kier alpha value is -2.94. The Morgan fingerprint density at radius 2 is 1.97 bits per heavy atom. The van der Waals surface area contributed by atoms with E-state index in [1.54, 1.807) is 31.5 Å². The molecule has 0 radical (unpaired) electrons. The van der Waals surface area contributed by atoms with Crippen LogP contribution in [0.2, 0.25) is 0 Å². The second kappa shape index (κ2) is 8.30. The van der Waals surface area contributed by atoms with Crippen LogP contribution < -0.4 is 5.32 Å². The molecule has 0 amide bonds. The number of allylic oxidation sites excluding steroid dienone is 1. The Labute approximate surface area is 178 Å². The van der Waals surface area contributed by atoms with Gasteiger partial charge in [0, 0.05) is 38.3 Å². The lowest BCUT2D eigenvalue weighted by atomic mass is 10.0. The van der Waals surface area contributed by atoms with Crippen LogP contribution in [0.15, 0.2) is 48.8 Å². The average molecular weight is 446 g/mol. The van der Waals surface area contributed by atoms with Crippen molar-refractivity contribution in [2.75, 3.05) is 16.8 Å². The number of nitrogens with one attached hydrogen (secondary N) is 2. The van der Waals surface area contributed by atoms with Crippen molar-refractivity contribution in [3.05, 3.63) is 71.4 Å². The van der Waals surface area contributed by atoms with Gasteiger partial charge < -0.3 is 5.32 Å². The van der Waals surface area contributed by atoms with Gasteiger partial charge in [-0.3, -0.25) is 14.7 Å². The molecule has 162 valence electrons. The van der Waals surface area contributed by atoms with Crippen molar-refractivity contribution in [2.45, 2.75) is 25.8 Å². The molecule has 2 N–H and O–H groups in total. The first-order valence-corrected chi connectivity index (χ1v) is 11.7. The molecule has 0 saturated heterocycles. The maximum atomic E-state index is 14.6. The molecule has 1 aliphatic heterocycles. The van der Waals surface area contributed by atoms with E-state index >= 15 is 0 Å². The summed E-state index contributed by atoms with van der Waals surface area (Å²) >= 11 is 0. The Balaban J connectivity index is 1.68. The summed E-state index contributed by atoms with van der Waals surface area (Å²) in [6.07, 6.45) is 2.65. The fraction of sp³-hybridized carbons (Fsp3) is 0.273. The minimum atomic E-state index is -2.88. The molecule has 3 aromatic rings. The molecule has 31 heavy (non-hydrogen) atoms. The highest BCUT2D eigenvalue weighted by molar-refractivity contribution is 7.92. The number of rotatable bonds is 5. The average Bonchev–Trinajstić information content (AvgIpc) is 2.73. The number of hydrogen-bond acceptors (Lipinski definition) is 5. The summed E-state index contributed by atoms with van der Waals surface area (Å²) in [5.74, 6) is -0.408. The predicted octanol–water partition coefficient (Wildman–Crippen LogP) is 5.71. The molecule has 9 heteroatoms. The third kappa shape index (κ3) is 4.41. The van der Waals surface area contributed by atoms with Crippen LogP contribution in [0.1, 0.15) is 42.6 Å². The summed E-state index contributed by atoms with van der Waals surface area (Å²) in [4.78, 5) is 8.76. The van der Waals surface area contributed by atoms with Crippen molar-refractivity contribution in [1.29, 1.82) is 4.78 Å². The van der Waals surface area contributed by atoms with E-state index < -0.39 is 33.6 Å². The number of anilines is 1. The second-order valence-electron chi connectivity index (χ2n) is 7.52. The first-order valence-electron chi connectivity index (χ1n) is 9.76. The quantitative estimate of drug-likeness (QED) is 0.526. The molecule has 0 aliphatic carbocycles. The number of pyridine rings is 2. The summed E-state index contributed by atoms with van der Waals surface area (Å²) < 4.78 is 60.3. The van der Waals surface area contributed by atoms with E-state index in [2.05, 4.69) is 15.3 Å². The molecule has 1 aliphatic rings. The van der Waals surface area contributed by atoms with Gasteiger partial charge in [0.25, 0.3) is 6.43 Å². The molecule has 2 aromatic heterocycles.